The van der Waals surface area contributed by atoms with Crippen LogP contribution in [0.1, 0.15) is 38.4 Å². The highest BCUT2D eigenvalue weighted by molar-refractivity contribution is 6.05. The molecule has 1 heterocycles. The predicted molar refractivity (Wildman–Crippen MR) is 113 cm³/mol. The summed E-state index contributed by atoms with van der Waals surface area (Å²) in [5, 5.41) is 4.96. The van der Waals surface area contributed by atoms with E-state index in [2.05, 4.69) is 10.6 Å². The molecule has 0 unspecified atom stereocenters. The van der Waals surface area contributed by atoms with E-state index in [1.807, 2.05) is 13.8 Å². The second-order valence-corrected chi connectivity index (χ2v) is 7.16. The Morgan fingerprint density at radius 1 is 1.00 bits per heavy atom. The Kier molecular flexibility index (Phi) is 6.82. The lowest BCUT2D eigenvalue weighted by atomic mass is 10.1. The Labute approximate surface area is 182 Å². The first-order chi connectivity index (χ1) is 15.1. The fourth-order valence-corrected chi connectivity index (χ4v) is 2.97. The van der Waals surface area contributed by atoms with Crippen molar-refractivity contribution >= 4 is 17.9 Å². The standard InChI is InChI=1S/C24H21F3N2O3/c1-15-9-10-17(12-16(15)2)22(30)29-21(13-19-7-5-11-32-19)23(31)28-14-18-6-3-4-8-20(18)24(25,26)27/h3-13H,14H2,1-2H3,(H,28,31)(H,29,30)/b21-13-. The van der Waals surface area contributed by atoms with Crippen molar-refractivity contribution in [1.82, 2.24) is 10.6 Å². The lowest BCUT2D eigenvalue weighted by molar-refractivity contribution is -0.138. The summed E-state index contributed by atoms with van der Waals surface area (Å²) >= 11 is 0. The van der Waals surface area contributed by atoms with Gasteiger partial charge in [0.25, 0.3) is 11.8 Å². The van der Waals surface area contributed by atoms with Gasteiger partial charge in [0.1, 0.15) is 11.5 Å². The third kappa shape index (κ3) is 5.66. The molecule has 0 saturated heterocycles. The van der Waals surface area contributed by atoms with Crippen molar-refractivity contribution in [1.29, 1.82) is 0 Å². The predicted octanol–water partition coefficient (Wildman–Crippen LogP) is 5.00. The maximum Gasteiger partial charge on any atom is 0.416 e. The monoisotopic (exact) mass is 442 g/mol. The highest BCUT2D eigenvalue weighted by Gasteiger charge is 2.32. The fraction of sp³-hybridized carbons (Fsp3) is 0.167. The molecule has 8 heteroatoms. The van der Waals surface area contributed by atoms with E-state index in [1.165, 1.54) is 30.5 Å². The SMILES string of the molecule is Cc1ccc(C(=O)N/C(=C\c2ccco2)C(=O)NCc2ccccc2C(F)(F)F)cc1C. The third-order valence-electron chi connectivity index (χ3n) is 4.85. The molecule has 3 rings (SSSR count). The van der Waals surface area contributed by atoms with Crippen molar-refractivity contribution in [3.05, 3.63) is 100 Å². The summed E-state index contributed by atoms with van der Waals surface area (Å²) in [6.45, 7) is 3.39. The molecule has 0 fully saturated rings. The average Bonchev–Trinajstić information content (AvgIpc) is 3.26. The first-order valence-corrected chi connectivity index (χ1v) is 9.72. The van der Waals surface area contributed by atoms with Gasteiger partial charge in [0, 0.05) is 18.2 Å². The van der Waals surface area contributed by atoms with Gasteiger partial charge in [0.15, 0.2) is 0 Å². The van der Waals surface area contributed by atoms with Gasteiger partial charge >= 0.3 is 6.18 Å². The molecule has 0 saturated carbocycles. The number of carbonyl (C=O) groups is 2. The number of halogens is 3. The lowest BCUT2D eigenvalue weighted by Gasteiger charge is -2.15. The molecule has 3 aromatic rings. The van der Waals surface area contributed by atoms with E-state index in [9.17, 15) is 22.8 Å². The number of rotatable bonds is 6. The average molecular weight is 442 g/mol. The van der Waals surface area contributed by atoms with Crippen LogP contribution in [0, 0.1) is 13.8 Å². The zero-order valence-corrected chi connectivity index (χ0v) is 17.4. The van der Waals surface area contributed by atoms with Crippen LogP contribution < -0.4 is 10.6 Å². The molecule has 2 N–H and O–H groups in total. The van der Waals surface area contributed by atoms with Crippen LogP contribution in [0.15, 0.2) is 71.0 Å². The van der Waals surface area contributed by atoms with Crippen LogP contribution in [0.2, 0.25) is 0 Å². The first-order valence-electron chi connectivity index (χ1n) is 9.72. The Hall–Kier alpha value is -3.81. The van der Waals surface area contributed by atoms with Gasteiger partial charge in [-0.05, 0) is 60.9 Å². The molecule has 0 aliphatic rings. The molecular formula is C24H21F3N2O3. The summed E-state index contributed by atoms with van der Waals surface area (Å²) in [7, 11) is 0. The molecule has 1 aromatic heterocycles. The van der Waals surface area contributed by atoms with Gasteiger partial charge in [-0.25, -0.2) is 0 Å². The van der Waals surface area contributed by atoms with Gasteiger partial charge in [-0.2, -0.15) is 13.2 Å². The number of carbonyl (C=O) groups excluding carboxylic acids is 2. The van der Waals surface area contributed by atoms with Gasteiger partial charge in [-0.1, -0.05) is 24.3 Å². The zero-order valence-electron chi connectivity index (χ0n) is 17.4. The Bertz CT molecular complexity index is 1150. The largest absolute Gasteiger partial charge is 0.465 e. The van der Waals surface area contributed by atoms with Gasteiger partial charge in [-0.15, -0.1) is 0 Å². The van der Waals surface area contributed by atoms with Crippen LogP contribution in [0.25, 0.3) is 6.08 Å². The van der Waals surface area contributed by atoms with Crippen molar-refractivity contribution in [2.75, 3.05) is 0 Å². The number of aryl methyl sites for hydroxylation is 2. The maximum absolute atomic E-state index is 13.2. The number of furan rings is 1. The number of nitrogens with one attached hydrogen (secondary N) is 2. The van der Waals surface area contributed by atoms with Crippen LogP contribution in [0.5, 0.6) is 0 Å². The topological polar surface area (TPSA) is 71.3 Å². The van der Waals surface area contributed by atoms with Crippen molar-refractivity contribution in [2.45, 2.75) is 26.6 Å². The molecule has 2 aromatic carbocycles. The van der Waals surface area contributed by atoms with E-state index in [1.54, 1.807) is 30.3 Å². The minimum absolute atomic E-state index is 0.0915. The van der Waals surface area contributed by atoms with Crippen molar-refractivity contribution in [3.8, 4) is 0 Å². The maximum atomic E-state index is 13.2. The van der Waals surface area contributed by atoms with Crippen molar-refractivity contribution < 1.29 is 27.2 Å². The van der Waals surface area contributed by atoms with Gasteiger partial charge in [0.05, 0.1) is 11.8 Å². The quantitative estimate of drug-likeness (QED) is 0.528. The van der Waals surface area contributed by atoms with E-state index in [4.69, 9.17) is 4.42 Å². The number of benzene rings is 2. The second-order valence-electron chi connectivity index (χ2n) is 7.16. The van der Waals surface area contributed by atoms with E-state index in [0.29, 0.717) is 11.3 Å². The highest BCUT2D eigenvalue weighted by atomic mass is 19.4. The molecule has 0 bridgehead atoms. The van der Waals surface area contributed by atoms with Crippen LogP contribution in [-0.2, 0) is 17.5 Å². The van der Waals surface area contributed by atoms with Gasteiger partial charge < -0.3 is 15.1 Å². The van der Waals surface area contributed by atoms with E-state index < -0.39 is 23.6 Å². The van der Waals surface area contributed by atoms with Crippen LogP contribution in [0.4, 0.5) is 13.2 Å². The highest BCUT2D eigenvalue weighted by Crippen LogP contribution is 2.31. The summed E-state index contributed by atoms with van der Waals surface area (Å²) in [6, 6.07) is 13.2. The summed E-state index contributed by atoms with van der Waals surface area (Å²) < 4.78 is 44.8. The van der Waals surface area contributed by atoms with Gasteiger partial charge in [0.2, 0.25) is 0 Å². The number of alkyl halides is 3. The summed E-state index contributed by atoms with van der Waals surface area (Å²) in [5.74, 6) is -0.987. The van der Waals surface area contributed by atoms with Crippen LogP contribution in [-0.4, -0.2) is 11.8 Å². The minimum Gasteiger partial charge on any atom is -0.465 e. The van der Waals surface area contributed by atoms with Crippen molar-refractivity contribution in [2.24, 2.45) is 0 Å². The molecule has 0 radical (unpaired) electrons. The molecule has 2 amide bonds. The normalized spacial score (nSPS) is 11.8. The zero-order chi connectivity index (χ0) is 23.3. The van der Waals surface area contributed by atoms with Crippen LogP contribution in [0.3, 0.4) is 0 Å². The van der Waals surface area contributed by atoms with E-state index in [-0.39, 0.29) is 17.8 Å². The molecule has 0 spiro atoms. The fourth-order valence-electron chi connectivity index (χ4n) is 2.97. The molecule has 0 aliphatic heterocycles. The van der Waals surface area contributed by atoms with E-state index >= 15 is 0 Å². The Morgan fingerprint density at radius 3 is 2.41 bits per heavy atom. The molecule has 0 atom stereocenters. The summed E-state index contributed by atoms with van der Waals surface area (Å²) in [5.41, 5.74) is 1.17. The van der Waals surface area contributed by atoms with E-state index in [0.717, 1.165) is 17.2 Å². The van der Waals surface area contributed by atoms with Crippen molar-refractivity contribution in [3.63, 3.8) is 0 Å². The number of hydrogen-bond acceptors (Lipinski definition) is 3. The Balaban J connectivity index is 1.81. The molecule has 166 valence electrons. The number of amides is 2. The Morgan fingerprint density at radius 2 is 1.75 bits per heavy atom. The minimum atomic E-state index is -4.55. The number of hydrogen-bond donors (Lipinski definition) is 2. The first kappa shape index (κ1) is 22.9. The summed E-state index contributed by atoms with van der Waals surface area (Å²) in [4.78, 5) is 25.5. The molecule has 0 aliphatic carbocycles. The third-order valence-corrected chi connectivity index (χ3v) is 4.85. The lowest BCUT2D eigenvalue weighted by Crippen LogP contribution is -2.35. The molecule has 32 heavy (non-hydrogen) atoms. The molecule has 5 nitrogen and oxygen atoms in total. The summed E-state index contributed by atoms with van der Waals surface area (Å²) in [6.07, 6.45) is -1.85. The van der Waals surface area contributed by atoms with Gasteiger partial charge in [-0.3, -0.25) is 9.59 Å². The molecular weight excluding hydrogens is 421 g/mol. The van der Waals surface area contributed by atoms with Crippen LogP contribution >= 0.6 is 0 Å². The second kappa shape index (κ2) is 9.55. The smallest absolute Gasteiger partial charge is 0.416 e.